The van der Waals surface area contributed by atoms with Crippen molar-refractivity contribution in [2.24, 2.45) is 0 Å². The second-order valence-corrected chi connectivity index (χ2v) is 8.09. The first kappa shape index (κ1) is 18.9. The fourth-order valence-corrected chi connectivity index (χ4v) is 3.96. The summed E-state index contributed by atoms with van der Waals surface area (Å²) in [5, 5.41) is 2.78. The molecule has 2 N–H and O–H groups in total. The molecule has 1 aliphatic heterocycles. The van der Waals surface area contributed by atoms with Gasteiger partial charge in [-0.3, -0.25) is 9.52 Å². The van der Waals surface area contributed by atoms with E-state index >= 15 is 0 Å². The van der Waals surface area contributed by atoms with Crippen molar-refractivity contribution in [3.05, 3.63) is 72.2 Å². The van der Waals surface area contributed by atoms with E-state index in [0.29, 0.717) is 22.9 Å². The van der Waals surface area contributed by atoms with Crippen LogP contribution in [0.5, 0.6) is 11.5 Å². The van der Waals surface area contributed by atoms with Crippen molar-refractivity contribution < 1.29 is 27.1 Å². The maximum atomic E-state index is 12.8. The molecule has 0 saturated carbocycles. The third-order valence-electron chi connectivity index (χ3n) is 4.35. The molecule has 1 amide bonds. The summed E-state index contributed by atoms with van der Waals surface area (Å²) in [4.78, 5) is 12.5. The molecule has 3 aromatic rings. The van der Waals surface area contributed by atoms with Crippen LogP contribution in [0.1, 0.15) is 29.1 Å². The molecule has 150 valence electrons. The van der Waals surface area contributed by atoms with Gasteiger partial charge >= 0.3 is 0 Å². The summed E-state index contributed by atoms with van der Waals surface area (Å²) in [6.45, 7) is 1.87. The lowest BCUT2D eigenvalue weighted by molar-refractivity contribution is 0.0935. The lowest BCUT2D eigenvalue weighted by Gasteiger charge is -2.13. The third kappa shape index (κ3) is 4.04. The van der Waals surface area contributed by atoms with Gasteiger partial charge in [-0.25, -0.2) is 8.42 Å². The summed E-state index contributed by atoms with van der Waals surface area (Å²) < 4.78 is 43.7. The van der Waals surface area contributed by atoms with Crippen LogP contribution in [0.3, 0.4) is 0 Å². The van der Waals surface area contributed by atoms with E-state index in [1.165, 1.54) is 24.5 Å². The van der Waals surface area contributed by atoms with Crippen molar-refractivity contribution in [3.8, 4) is 11.5 Å². The lowest BCUT2D eigenvalue weighted by Crippen LogP contribution is -2.26. The van der Waals surface area contributed by atoms with Gasteiger partial charge in [-0.15, -0.1) is 0 Å². The molecule has 0 aliphatic carbocycles. The van der Waals surface area contributed by atoms with Gasteiger partial charge in [0.15, 0.2) is 11.5 Å². The van der Waals surface area contributed by atoms with E-state index in [2.05, 4.69) is 10.0 Å². The molecule has 1 aliphatic rings. The number of furan rings is 1. The number of rotatable bonds is 6. The predicted molar refractivity (Wildman–Crippen MR) is 104 cm³/mol. The highest BCUT2D eigenvalue weighted by atomic mass is 32.2. The Morgan fingerprint density at radius 3 is 2.66 bits per heavy atom. The Balaban J connectivity index is 1.52. The average molecular weight is 414 g/mol. The lowest BCUT2D eigenvalue weighted by atomic mass is 10.2. The summed E-state index contributed by atoms with van der Waals surface area (Å²) in [7, 11) is -3.90. The first-order valence-electron chi connectivity index (χ1n) is 8.79. The van der Waals surface area contributed by atoms with Crippen LogP contribution in [0, 0.1) is 0 Å². The third-order valence-corrected chi connectivity index (χ3v) is 5.73. The van der Waals surface area contributed by atoms with Crippen LogP contribution in [0.15, 0.2) is 70.2 Å². The molecule has 9 heteroatoms. The molecule has 0 radical (unpaired) electrons. The second kappa shape index (κ2) is 7.51. The molecule has 2 heterocycles. The van der Waals surface area contributed by atoms with Gasteiger partial charge in [0.05, 0.1) is 22.9 Å². The topological polar surface area (TPSA) is 107 Å². The zero-order valence-electron chi connectivity index (χ0n) is 15.4. The number of hydrogen-bond donors (Lipinski definition) is 2. The number of carbonyl (C=O) groups is 1. The van der Waals surface area contributed by atoms with E-state index < -0.39 is 15.9 Å². The van der Waals surface area contributed by atoms with Gasteiger partial charge in [-0.1, -0.05) is 6.07 Å². The molecule has 29 heavy (non-hydrogen) atoms. The molecule has 0 saturated heterocycles. The van der Waals surface area contributed by atoms with Crippen molar-refractivity contribution in [3.63, 3.8) is 0 Å². The minimum atomic E-state index is -3.90. The second-order valence-electron chi connectivity index (χ2n) is 6.41. The van der Waals surface area contributed by atoms with E-state index in [1.54, 1.807) is 43.3 Å². The number of fused-ring (bicyclic) bond motifs is 1. The first-order valence-corrected chi connectivity index (χ1v) is 10.3. The van der Waals surface area contributed by atoms with Crippen LogP contribution >= 0.6 is 0 Å². The SMILES string of the molecule is C[C@@H](NC(=O)c1cccc(S(=O)(=O)Nc2ccc3c(c2)OCO3)c1)c1ccco1. The highest BCUT2D eigenvalue weighted by Gasteiger charge is 2.20. The van der Waals surface area contributed by atoms with Crippen molar-refractivity contribution in [1.29, 1.82) is 0 Å². The standard InChI is InChI=1S/C20H18N2O6S/c1-13(17-6-3-9-26-17)21-20(23)14-4-2-5-16(10-14)29(24,25)22-15-7-8-18-19(11-15)28-12-27-18/h2-11,13,22H,12H2,1H3,(H,21,23)/t13-/m1/s1. The molecule has 0 spiro atoms. The van der Waals surface area contributed by atoms with Crippen molar-refractivity contribution >= 4 is 21.6 Å². The molecule has 1 aromatic heterocycles. The van der Waals surface area contributed by atoms with Crippen molar-refractivity contribution in [2.45, 2.75) is 17.9 Å². The quantitative estimate of drug-likeness (QED) is 0.641. The Morgan fingerprint density at radius 2 is 1.86 bits per heavy atom. The van der Waals surface area contributed by atoms with Gasteiger partial charge in [0.25, 0.3) is 15.9 Å². The maximum absolute atomic E-state index is 12.8. The molecule has 0 fully saturated rings. The van der Waals surface area contributed by atoms with Crippen LogP contribution < -0.4 is 19.5 Å². The summed E-state index contributed by atoms with van der Waals surface area (Å²) in [6.07, 6.45) is 1.52. The van der Waals surface area contributed by atoms with E-state index in [4.69, 9.17) is 13.9 Å². The van der Waals surface area contributed by atoms with Crippen molar-refractivity contribution in [1.82, 2.24) is 5.32 Å². The molecule has 4 rings (SSSR count). The zero-order chi connectivity index (χ0) is 20.4. The number of anilines is 1. The highest BCUT2D eigenvalue weighted by Crippen LogP contribution is 2.34. The number of sulfonamides is 1. The predicted octanol–water partition coefficient (Wildman–Crippen LogP) is 3.30. The highest BCUT2D eigenvalue weighted by molar-refractivity contribution is 7.92. The smallest absolute Gasteiger partial charge is 0.261 e. The molecule has 0 bridgehead atoms. The largest absolute Gasteiger partial charge is 0.467 e. The monoisotopic (exact) mass is 414 g/mol. The van der Waals surface area contributed by atoms with Gasteiger partial charge < -0.3 is 19.2 Å². The van der Waals surface area contributed by atoms with Gasteiger partial charge in [0.2, 0.25) is 6.79 Å². The fourth-order valence-electron chi connectivity index (χ4n) is 2.87. The van der Waals surface area contributed by atoms with E-state index in [-0.39, 0.29) is 23.3 Å². The Hall–Kier alpha value is -3.46. The molecule has 2 aromatic carbocycles. The number of benzene rings is 2. The molecular weight excluding hydrogens is 396 g/mol. The Bertz CT molecular complexity index is 1140. The molecule has 1 atom stereocenters. The van der Waals surface area contributed by atoms with E-state index in [0.717, 1.165) is 0 Å². The zero-order valence-corrected chi connectivity index (χ0v) is 16.2. The Kier molecular flexibility index (Phi) is 4.89. The van der Waals surface area contributed by atoms with Gasteiger partial charge in [0, 0.05) is 11.6 Å². The number of nitrogens with one attached hydrogen (secondary N) is 2. The van der Waals surface area contributed by atoms with E-state index in [9.17, 15) is 13.2 Å². The summed E-state index contributed by atoms with van der Waals surface area (Å²) in [5.41, 5.74) is 0.549. The van der Waals surface area contributed by atoms with Gasteiger partial charge in [0.1, 0.15) is 5.76 Å². The Labute approximate surface area is 167 Å². The molecular formula is C20H18N2O6S. The molecule has 8 nitrogen and oxygen atoms in total. The maximum Gasteiger partial charge on any atom is 0.261 e. The summed E-state index contributed by atoms with van der Waals surface area (Å²) >= 11 is 0. The van der Waals surface area contributed by atoms with Crippen LogP contribution in [0.4, 0.5) is 5.69 Å². The Morgan fingerprint density at radius 1 is 1.03 bits per heavy atom. The minimum absolute atomic E-state index is 0.0338. The number of hydrogen-bond acceptors (Lipinski definition) is 6. The van der Waals surface area contributed by atoms with Crippen LogP contribution in [0.25, 0.3) is 0 Å². The van der Waals surface area contributed by atoms with Gasteiger partial charge in [-0.05, 0) is 49.4 Å². The molecule has 0 unspecified atom stereocenters. The van der Waals surface area contributed by atoms with Crippen LogP contribution in [0.2, 0.25) is 0 Å². The van der Waals surface area contributed by atoms with Crippen LogP contribution in [-0.4, -0.2) is 21.1 Å². The fraction of sp³-hybridized carbons (Fsp3) is 0.150. The van der Waals surface area contributed by atoms with E-state index in [1.807, 2.05) is 0 Å². The number of amides is 1. The minimum Gasteiger partial charge on any atom is -0.467 e. The normalized spacial score (nSPS) is 13.7. The first-order chi connectivity index (χ1) is 13.9. The summed E-state index contributed by atoms with van der Waals surface area (Å²) in [5.74, 6) is 1.21. The van der Waals surface area contributed by atoms with Crippen molar-refractivity contribution in [2.75, 3.05) is 11.5 Å². The van der Waals surface area contributed by atoms with Gasteiger partial charge in [-0.2, -0.15) is 0 Å². The number of carbonyl (C=O) groups excluding carboxylic acids is 1. The summed E-state index contributed by atoms with van der Waals surface area (Å²) in [6, 6.07) is 13.7. The average Bonchev–Trinajstić information content (AvgIpc) is 3.39. The number of ether oxygens (including phenoxy) is 2. The van der Waals surface area contributed by atoms with Crippen LogP contribution in [-0.2, 0) is 10.0 Å².